The van der Waals surface area contributed by atoms with Crippen molar-refractivity contribution < 1.29 is 0 Å². The maximum Gasteiger partial charge on any atom is 0.221 e. The molecular weight excluding hydrogens is 224 g/mol. The molecule has 0 atom stereocenters. The van der Waals surface area contributed by atoms with Crippen LogP contribution in [0.25, 0.3) is 12.2 Å². The quantitative estimate of drug-likeness (QED) is 0.867. The predicted octanol–water partition coefficient (Wildman–Crippen LogP) is 2.22. The number of rotatable bonds is 2. The van der Waals surface area contributed by atoms with Crippen LogP contribution in [0, 0.1) is 0 Å². The molecule has 2 rings (SSSR count). The summed E-state index contributed by atoms with van der Waals surface area (Å²) in [5, 5.41) is 8.39. The molecule has 0 aliphatic heterocycles. The number of benzene rings is 1. The van der Waals surface area contributed by atoms with Gasteiger partial charge >= 0.3 is 0 Å². The van der Waals surface area contributed by atoms with Crippen LogP contribution in [-0.4, -0.2) is 14.8 Å². The maximum atomic E-state index is 5.87. The average Bonchev–Trinajstić information content (AvgIpc) is 2.57. The minimum absolute atomic E-state index is 0.394. The molecule has 0 bridgehead atoms. The molecule has 1 aromatic heterocycles. The van der Waals surface area contributed by atoms with Crippen LogP contribution < -0.4 is 5.73 Å². The molecule has 2 aromatic rings. The molecule has 0 saturated carbocycles. The Bertz CT molecular complexity index is 531. The van der Waals surface area contributed by atoms with E-state index in [-0.39, 0.29) is 0 Å². The van der Waals surface area contributed by atoms with Crippen LogP contribution in [0.15, 0.2) is 24.3 Å². The lowest BCUT2D eigenvalue weighted by Gasteiger charge is -1.96. The number of nitrogens with zero attached hydrogens (tertiary/aromatic N) is 3. The van der Waals surface area contributed by atoms with E-state index in [1.807, 2.05) is 43.5 Å². The Morgan fingerprint density at radius 2 is 2.12 bits per heavy atom. The number of anilines is 1. The van der Waals surface area contributed by atoms with Gasteiger partial charge in [-0.2, -0.15) is 0 Å². The molecule has 2 N–H and O–H groups in total. The summed E-state index contributed by atoms with van der Waals surface area (Å²) < 4.78 is 1.71. The van der Waals surface area contributed by atoms with Crippen molar-refractivity contribution in [2.75, 3.05) is 5.73 Å². The molecule has 0 fully saturated rings. The summed E-state index contributed by atoms with van der Waals surface area (Å²) in [6, 6.07) is 7.56. The predicted molar refractivity (Wildman–Crippen MR) is 65.8 cm³/mol. The maximum absolute atomic E-state index is 5.87. The Balaban J connectivity index is 2.24. The Hall–Kier alpha value is -1.81. The van der Waals surface area contributed by atoms with E-state index in [0.717, 1.165) is 5.56 Å². The van der Waals surface area contributed by atoms with Gasteiger partial charge in [-0.3, -0.25) is 4.57 Å². The summed E-state index contributed by atoms with van der Waals surface area (Å²) in [6.07, 6.45) is 3.75. The van der Waals surface area contributed by atoms with Crippen LogP contribution >= 0.6 is 11.6 Å². The first kappa shape index (κ1) is 10.7. The van der Waals surface area contributed by atoms with Crippen molar-refractivity contribution in [1.29, 1.82) is 0 Å². The summed E-state index contributed by atoms with van der Waals surface area (Å²) in [7, 11) is 1.81. The Morgan fingerprint density at radius 1 is 1.31 bits per heavy atom. The molecule has 0 saturated heterocycles. The fourth-order valence-electron chi connectivity index (χ4n) is 1.28. The highest BCUT2D eigenvalue weighted by Gasteiger charge is 2.00. The molecular formula is C11H11ClN4. The van der Waals surface area contributed by atoms with Gasteiger partial charge in [0.25, 0.3) is 0 Å². The molecule has 0 aliphatic rings. The normalized spacial score (nSPS) is 11.1. The van der Waals surface area contributed by atoms with E-state index >= 15 is 0 Å². The second-order valence-corrected chi connectivity index (χ2v) is 3.80. The zero-order valence-electron chi connectivity index (χ0n) is 8.76. The van der Waals surface area contributed by atoms with E-state index in [9.17, 15) is 0 Å². The van der Waals surface area contributed by atoms with Crippen LogP contribution in [0.5, 0.6) is 0 Å². The summed E-state index contributed by atoms with van der Waals surface area (Å²) in [4.78, 5) is 0. The van der Waals surface area contributed by atoms with Crippen LogP contribution in [-0.2, 0) is 7.05 Å². The molecule has 82 valence electrons. The SMILES string of the molecule is Cn1c(N)nnc1/C=C/c1cccc(Cl)c1. The largest absolute Gasteiger partial charge is 0.368 e. The first-order valence-corrected chi connectivity index (χ1v) is 5.13. The summed E-state index contributed by atoms with van der Waals surface area (Å²) in [6.45, 7) is 0. The number of aromatic nitrogens is 3. The third kappa shape index (κ3) is 2.23. The van der Waals surface area contributed by atoms with Gasteiger partial charge in [0.1, 0.15) is 0 Å². The van der Waals surface area contributed by atoms with Crippen molar-refractivity contribution in [1.82, 2.24) is 14.8 Å². The van der Waals surface area contributed by atoms with E-state index < -0.39 is 0 Å². The van der Waals surface area contributed by atoms with E-state index in [2.05, 4.69) is 10.2 Å². The number of halogens is 1. The highest BCUT2D eigenvalue weighted by Crippen LogP contribution is 2.13. The van der Waals surface area contributed by atoms with Crippen molar-refractivity contribution in [3.8, 4) is 0 Å². The molecule has 4 nitrogen and oxygen atoms in total. The molecule has 1 heterocycles. The van der Waals surface area contributed by atoms with Gasteiger partial charge in [0, 0.05) is 12.1 Å². The molecule has 5 heteroatoms. The number of hydrogen-bond donors (Lipinski definition) is 1. The molecule has 1 aromatic carbocycles. The summed E-state index contributed by atoms with van der Waals surface area (Å²) in [5.41, 5.74) is 6.58. The van der Waals surface area contributed by atoms with Crippen molar-refractivity contribution in [2.45, 2.75) is 0 Å². The lowest BCUT2D eigenvalue weighted by atomic mass is 10.2. The van der Waals surface area contributed by atoms with Gasteiger partial charge in [-0.25, -0.2) is 0 Å². The zero-order valence-corrected chi connectivity index (χ0v) is 9.52. The molecule has 16 heavy (non-hydrogen) atoms. The van der Waals surface area contributed by atoms with Gasteiger partial charge in [0.15, 0.2) is 5.82 Å². The van der Waals surface area contributed by atoms with Gasteiger partial charge in [0.2, 0.25) is 5.95 Å². The minimum Gasteiger partial charge on any atom is -0.368 e. The fraction of sp³-hybridized carbons (Fsp3) is 0.0909. The Morgan fingerprint density at radius 3 is 2.75 bits per heavy atom. The monoisotopic (exact) mass is 234 g/mol. The van der Waals surface area contributed by atoms with Gasteiger partial charge in [-0.15, -0.1) is 10.2 Å². The lowest BCUT2D eigenvalue weighted by molar-refractivity contribution is 0.909. The second-order valence-electron chi connectivity index (χ2n) is 3.36. The van der Waals surface area contributed by atoms with E-state index in [0.29, 0.717) is 16.8 Å². The van der Waals surface area contributed by atoms with E-state index in [1.54, 1.807) is 4.57 Å². The highest BCUT2D eigenvalue weighted by atomic mass is 35.5. The van der Waals surface area contributed by atoms with Crippen LogP contribution in [0.3, 0.4) is 0 Å². The smallest absolute Gasteiger partial charge is 0.221 e. The van der Waals surface area contributed by atoms with Crippen molar-refractivity contribution in [2.24, 2.45) is 7.05 Å². The van der Waals surface area contributed by atoms with Gasteiger partial charge in [0.05, 0.1) is 0 Å². The number of hydrogen-bond acceptors (Lipinski definition) is 3. The third-order valence-electron chi connectivity index (χ3n) is 2.22. The second kappa shape index (κ2) is 4.37. The summed E-state index contributed by atoms with van der Waals surface area (Å²) >= 11 is 5.87. The van der Waals surface area contributed by atoms with Crippen LogP contribution in [0.2, 0.25) is 5.02 Å². The highest BCUT2D eigenvalue weighted by molar-refractivity contribution is 6.30. The Kier molecular flexibility index (Phi) is 2.92. The molecule has 0 unspecified atom stereocenters. The number of nitrogens with two attached hydrogens (primary N) is 1. The van der Waals surface area contributed by atoms with Gasteiger partial charge in [-0.05, 0) is 23.8 Å². The van der Waals surface area contributed by atoms with Gasteiger partial charge in [-0.1, -0.05) is 29.8 Å². The Labute approximate surface area is 98.4 Å². The standard InChI is InChI=1S/C11H11ClN4/c1-16-10(14-15-11(16)13)6-5-8-3-2-4-9(12)7-8/h2-7H,1H3,(H2,13,15)/b6-5+. The van der Waals surface area contributed by atoms with Gasteiger partial charge < -0.3 is 5.73 Å². The topological polar surface area (TPSA) is 56.7 Å². The van der Waals surface area contributed by atoms with Crippen molar-refractivity contribution in [3.05, 3.63) is 40.7 Å². The molecule has 0 radical (unpaired) electrons. The third-order valence-corrected chi connectivity index (χ3v) is 2.45. The van der Waals surface area contributed by atoms with Crippen LogP contribution in [0.4, 0.5) is 5.95 Å². The average molecular weight is 235 g/mol. The van der Waals surface area contributed by atoms with Crippen molar-refractivity contribution in [3.63, 3.8) is 0 Å². The molecule has 0 aliphatic carbocycles. The molecule has 0 spiro atoms. The summed E-state index contributed by atoms with van der Waals surface area (Å²) in [5.74, 6) is 1.10. The van der Waals surface area contributed by atoms with Crippen molar-refractivity contribution >= 4 is 29.7 Å². The first-order chi connectivity index (χ1) is 7.66. The van der Waals surface area contributed by atoms with E-state index in [4.69, 9.17) is 17.3 Å². The van der Waals surface area contributed by atoms with E-state index in [1.165, 1.54) is 0 Å². The molecule has 0 amide bonds. The minimum atomic E-state index is 0.394. The van der Waals surface area contributed by atoms with Crippen LogP contribution in [0.1, 0.15) is 11.4 Å². The first-order valence-electron chi connectivity index (χ1n) is 4.75. The zero-order chi connectivity index (χ0) is 11.5. The number of nitrogen functional groups attached to an aromatic ring is 1. The lowest BCUT2D eigenvalue weighted by Crippen LogP contribution is -1.98. The fourth-order valence-corrected chi connectivity index (χ4v) is 1.48.